The summed E-state index contributed by atoms with van der Waals surface area (Å²) in [5.74, 6) is 0. The first-order valence-electron chi connectivity index (χ1n) is 7.90. The topological polar surface area (TPSA) is 41.6 Å². The molecule has 1 aromatic carbocycles. The summed E-state index contributed by atoms with van der Waals surface area (Å²) in [6.45, 7) is 7.71. The molecular weight excluding hydrogens is 380 g/mol. The number of nitrogens with one attached hydrogen (secondary N) is 1. The zero-order chi connectivity index (χ0) is 17.0. The number of nitrogens with zero attached hydrogens (tertiary/aromatic N) is 1. The summed E-state index contributed by atoms with van der Waals surface area (Å²) >= 11 is 9.60. The van der Waals surface area contributed by atoms with Crippen molar-refractivity contribution in [3.8, 4) is 0 Å². The maximum Gasteiger partial charge on any atom is 0.410 e. The lowest BCUT2D eigenvalue weighted by Crippen LogP contribution is -2.41. The van der Waals surface area contributed by atoms with Crippen LogP contribution in [0.3, 0.4) is 0 Å². The second kappa shape index (κ2) is 7.86. The van der Waals surface area contributed by atoms with E-state index in [0.29, 0.717) is 25.7 Å². The molecule has 1 fully saturated rings. The molecule has 1 saturated carbocycles. The standard InChI is InChI=1S/C17H24BrClN2O2/c1-17(2,3)23-16(22)21(14-6-7-14)9-8-20-11-12-4-5-13(18)10-15(12)19/h4-5,10,14,20H,6-9,11H2,1-3H3. The van der Waals surface area contributed by atoms with E-state index in [-0.39, 0.29) is 6.09 Å². The first-order valence-corrected chi connectivity index (χ1v) is 9.07. The number of ether oxygens (including phenoxy) is 1. The number of hydrogen-bond acceptors (Lipinski definition) is 3. The second-order valence-electron chi connectivity index (χ2n) is 6.82. The summed E-state index contributed by atoms with van der Waals surface area (Å²) in [6, 6.07) is 6.19. The molecule has 0 saturated heterocycles. The monoisotopic (exact) mass is 402 g/mol. The van der Waals surface area contributed by atoms with Gasteiger partial charge in [-0.25, -0.2) is 4.79 Å². The summed E-state index contributed by atoms with van der Waals surface area (Å²) < 4.78 is 6.45. The van der Waals surface area contributed by atoms with Gasteiger partial charge in [0, 0.05) is 35.2 Å². The van der Waals surface area contributed by atoms with Crippen LogP contribution in [0.25, 0.3) is 0 Å². The van der Waals surface area contributed by atoms with Gasteiger partial charge in [0.15, 0.2) is 0 Å². The Morgan fingerprint density at radius 1 is 1.43 bits per heavy atom. The number of hydrogen-bond donors (Lipinski definition) is 1. The van der Waals surface area contributed by atoms with Crippen molar-refractivity contribution < 1.29 is 9.53 Å². The SMILES string of the molecule is CC(C)(C)OC(=O)N(CCNCc1ccc(Br)cc1Cl)C1CC1. The van der Waals surface area contributed by atoms with Gasteiger partial charge in [-0.15, -0.1) is 0 Å². The largest absolute Gasteiger partial charge is 0.444 e. The molecule has 1 aliphatic carbocycles. The molecule has 0 atom stereocenters. The Hall–Kier alpha value is -0.780. The van der Waals surface area contributed by atoms with Crippen LogP contribution in [0.15, 0.2) is 22.7 Å². The molecule has 23 heavy (non-hydrogen) atoms. The van der Waals surface area contributed by atoms with E-state index in [9.17, 15) is 4.79 Å². The predicted octanol–water partition coefficient (Wildman–Crippen LogP) is 4.59. The zero-order valence-electron chi connectivity index (χ0n) is 13.9. The molecule has 0 radical (unpaired) electrons. The third-order valence-electron chi connectivity index (χ3n) is 3.48. The fourth-order valence-electron chi connectivity index (χ4n) is 2.22. The zero-order valence-corrected chi connectivity index (χ0v) is 16.2. The number of carbonyl (C=O) groups is 1. The Bertz CT molecular complexity index is 556. The lowest BCUT2D eigenvalue weighted by molar-refractivity contribution is 0.0236. The van der Waals surface area contributed by atoms with E-state index < -0.39 is 5.60 Å². The molecule has 2 rings (SSSR count). The third-order valence-corrected chi connectivity index (χ3v) is 4.32. The van der Waals surface area contributed by atoms with E-state index in [1.807, 2.05) is 43.9 Å². The quantitative estimate of drug-likeness (QED) is 0.706. The van der Waals surface area contributed by atoms with Crippen LogP contribution in [-0.4, -0.2) is 35.7 Å². The van der Waals surface area contributed by atoms with Crippen LogP contribution >= 0.6 is 27.5 Å². The van der Waals surface area contributed by atoms with E-state index in [0.717, 1.165) is 27.9 Å². The molecule has 0 aliphatic heterocycles. The molecule has 1 aromatic rings. The van der Waals surface area contributed by atoms with Gasteiger partial charge in [-0.05, 0) is 51.3 Å². The number of carbonyl (C=O) groups excluding carboxylic acids is 1. The Morgan fingerprint density at radius 3 is 2.70 bits per heavy atom. The summed E-state index contributed by atoms with van der Waals surface area (Å²) in [4.78, 5) is 14.1. The minimum Gasteiger partial charge on any atom is -0.444 e. The normalized spacial score (nSPS) is 14.7. The fraction of sp³-hybridized carbons (Fsp3) is 0.588. The molecule has 0 bridgehead atoms. The van der Waals surface area contributed by atoms with Crippen LogP contribution in [0.4, 0.5) is 4.79 Å². The van der Waals surface area contributed by atoms with Gasteiger partial charge >= 0.3 is 6.09 Å². The van der Waals surface area contributed by atoms with E-state index in [4.69, 9.17) is 16.3 Å². The van der Waals surface area contributed by atoms with Crippen LogP contribution < -0.4 is 5.32 Å². The average Bonchev–Trinajstić information content (AvgIpc) is 3.23. The third kappa shape index (κ3) is 6.32. The number of rotatable bonds is 6. The van der Waals surface area contributed by atoms with Crippen molar-refractivity contribution in [1.29, 1.82) is 0 Å². The molecule has 1 N–H and O–H groups in total. The molecule has 0 aromatic heterocycles. The van der Waals surface area contributed by atoms with Gasteiger partial charge in [0.1, 0.15) is 5.60 Å². The number of benzene rings is 1. The van der Waals surface area contributed by atoms with Crippen molar-refractivity contribution in [2.24, 2.45) is 0 Å². The Balaban J connectivity index is 1.79. The van der Waals surface area contributed by atoms with Gasteiger partial charge < -0.3 is 15.0 Å². The predicted molar refractivity (Wildman–Crippen MR) is 96.8 cm³/mol. The first-order chi connectivity index (χ1) is 10.8. The highest BCUT2D eigenvalue weighted by molar-refractivity contribution is 9.10. The van der Waals surface area contributed by atoms with Crippen LogP contribution in [-0.2, 0) is 11.3 Å². The van der Waals surface area contributed by atoms with E-state index >= 15 is 0 Å². The van der Waals surface area contributed by atoms with E-state index in [1.54, 1.807) is 0 Å². The van der Waals surface area contributed by atoms with Crippen molar-refractivity contribution in [1.82, 2.24) is 10.2 Å². The molecular formula is C17H24BrClN2O2. The smallest absolute Gasteiger partial charge is 0.410 e. The van der Waals surface area contributed by atoms with Crippen molar-refractivity contribution in [3.05, 3.63) is 33.3 Å². The minimum absolute atomic E-state index is 0.219. The van der Waals surface area contributed by atoms with Crippen LogP contribution in [0.2, 0.25) is 5.02 Å². The van der Waals surface area contributed by atoms with Crippen LogP contribution in [0.5, 0.6) is 0 Å². The van der Waals surface area contributed by atoms with E-state index in [2.05, 4.69) is 21.2 Å². The lowest BCUT2D eigenvalue weighted by atomic mass is 10.2. The summed E-state index contributed by atoms with van der Waals surface area (Å²) in [7, 11) is 0. The Labute approximate surface area is 151 Å². The van der Waals surface area contributed by atoms with Gasteiger partial charge in [0.05, 0.1) is 0 Å². The highest BCUT2D eigenvalue weighted by Crippen LogP contribution is 2.28. The Morgan fingerprint density at radius 2 is 2.13 bits per heavy atom. The number of amides is 1. The minimum atomic E-state index is -0.456. The van der Waals surface area contributed by atoms with Crippen LogP contribution in [0.1, 0.15) is 39.2 Å². The Kier molecular flexibility index (Phi) is 6.34. The summed E-state index contributed by atoms with van der Waals surface area (Å²) in [6.07, 6.45) is 1.92. The summed E-state index contributed by atoms with van der Waals surface area (Å²) in [5, 5.41) is 4.08. The second-order valence-corrected chi connectivity index (χ2v) is 8.14. The molecule has 4 nitrogen and oxygen atoms in total. The number of halogens is 2. The molecule has 1 aliphatic rings. The summed E-state index contributed by atoms with van der Waals surface area (Å²) in [5.41, 5.74) is 0.591. The highest BCUT2D eigenvalue weighted by Gasteiger charge is 2.34. The van der Waals surface area contributed by atoms with Gasteiger partial charge in [-0.2, -0.15) is 0 Å². The molecule has 6 heteroatoms. The van der Waals surface area contributed by atoms with E-state index in [1.165, 1.54) is 0 Å². The molecule has 128 valence electrons. The molecule has 0 unspecified atom stereocenters. The lowest BCUT2D eigenvalue weighted by Gasteiger charge is -2.27. The molecule has 1 amide bonds. The van der Waals surface area contributed by atoms with Gasteiger partial charge in [0.2, 0.25) is 0 Å². The molecule has 0 spiro atoms. The van der Waals surface area contributed by atoms with Crippen LogP contribution in [0, 0.1) is 0 Å². The molecule has 0 heterocycles. The maximum absolute atomic E-state index is 12.2. The highest BCUT2D eigenvalue weighted by atomic mass is 79.9. The maximum atomic E-state index is 12.2. The van der Waals surface area contributed by atoms with Crippen molar-refractivity contribution in [3.63, 3.8) is 0 Å². The first kappa shape index (κ1) is 18.6. The van der Waals surface area contributed by atoms with Crippen molar-refractivity contribution >= 4 is 33.6 Å². The van der Waals surface area contributed by atoms with Crippen molar-refractivity contribution in [2.45, 2.75) is 51.8 Å². The van der Waals surface area contributed by atoms with Gasteiger partial charge in [-0.1, -0.05) is 33.6 Å². The fourth-order valence-corrected chi connectivity index (χ4v) is 2.96. The van der Waals surface area contributed by atoms with Gasteiger partial charge in [0.25, 0.3) is 0 Å². The average molecular weight is 404 g/mol. The van der Waals surface area contributed by atoms with Gasteiger partial charge in [-0.3, -0.25) is 0 Å². The van der Waals surface area contributed by atoms with Crippen molar-refractivity contribution in [2.75, 3.05) is 13.1 Å².